The number of nitrogens with one attached hydrogen (secondary N) is 2. The zero-order valence-electron chi connectivity index (χ0n) is 10.0. The molecule has 1 rings (SSSR count). The van der Waals surface area contributed by atoms with Gasteiger partial charge in [0.2, 0.25) is 0 Å². The van der Waals surface area contributed by atoms with Crippen molar-refractivity contribution < 1.29 is 14.5 Å². The fraction of sp³-hybridized carbons (Fsp3) is 0.182. The van der Waals surface area contributed by atoms with E-state index in [9.17, 15) is 14.9 Å². The maximum Gasteiger partial charge on any atom is 0.362 e. The summed E-state index contributed by atoms with van der Waals surface area (Å²) in [5.41, 5.74) is 4.28. The summed E-state index contributed by atoms with van der Waals surface area (Å²) in [5.74, 6) is 0.767. The smallest absolute Gasteiger partial charge is 0.362 e. The second kappa shape index (κ2) is 6.77. The lowest BCUT2D eigenvalue weighted by molar-refractivity contribution is -0.384. The largest absolute Gasteiger partial charge is 0.761 e. The summed E-state index contributed by atoms with van der Waals surface area (Å²) >= 11 is 0. The maximum absolute atomic E-state index is 11.3. The second-order valence-electron chi connectivity index (χ2n) is 3.23. The molecule has 8 nitrogen and oxygen atoms in total. The van der Waals surface area contributed by atoms with Gasteiger partial charge >= 0.3 is 5.97 Å². The Labute approximate surface area is 108 Å². The summed E-state index contributed by atoms with van der Waals surface area (Å²) in [6, 6.07) is 5.81. The van der Waals surface area contributed by atoms with Crippen LogP contribution in [0.25, 0.3) is 5.41 Å². The van der Waals surface area contributed by atoms with Gasteiger partial charge in [0.1, 0.15) is 5.69 Å². The predicted molar refractivity (Wildman–Crippen MR) is 68.4 cm³/mol. The van der Waals surface area contributed by atoms with Crippen LogP contribution >= 0.6 is 0 Å². The van der Waals surface area contributed by atoms with E-state index in [4.69, 9.17) is 5.41 Å². The number of carbonyl (C=O) groups excluding carboxylic acids is 1. The summed E-state index contributed by atoms with van der Waals surface area (Å²) in [4.78, 5) is 21.5. The molecule has 100 valence electrons. The number of hydrazine groups is 1. The number of esters is 1. The van der Waals surface area contributed by atoms with Crippen LogP contribution in [-0.4, -0.2) is 23.4 Å². The SMILES string of the molecule is CCOC(=O)C(=C=[N-])NNc1ccccc1[N+](=O)[O-]. The van der Waals surface area contributed by atoms with Crippen molar-refractivity contribution in [3.8, 4) is 0 Å². The Morgan fingerprint density at radius 2 is 2.21 bits per heavy atom. The van der Waals surface area contributed by atoms with Crippen LogP contribution in [0.4, 0.5) is 11.4 Å². The van der Waals surface area contributed by atoms with Gasteiger partial charge in [-0.25, -0.2) is 10.7 Å². The van der Waals surface area contributed by atoms with Gasteiger partial charge in [-0.1, -0.05) is 12.1 Å². The molecule has 0 saturated heterocycles. The summed E-state index contributed by atoms with van der Waals surface area (Å²) in [5, 5.41) is 19.5. The Morgan fingerprint density at radius 3 is 2.79 bits per heavy atom. The average Bonchev–Trinajstić information content (AvgIpc) is 2.40. The van der Waals surface area contributed by atoms with Crippen molar-refractivity contribution in [1.82, 2.24) is 5.43 Å². The standard InChI is InChI=1S/C11H11N4O4/c1-2-19-11(16)9(7-12)14-13-8-5-3-4-6-10(8)15(17)18/h3-6,13-14H,2H2,1H3/q-1. The molecular formula is C11H11N4O4-. The molecule has 0 bridgehead atoms. The van der Waals surface area contributed by atoms with Crippen molar-refractivity contribution in [2.45, 2.75) is 6.92 Å². The molecule has 2 N–H and O–H groups in total. The number of ether oxygens (including phenoxy) is 1. The molecule has 19 heavy (non-hydrogen) atoms. The molecule has 0 unspecified atom stereocenters. The highest BCUT2D eigenvalue weighted by Crippen LogP contribution is 2.22. The first kappa shape index (κ1) is 14.2. The van der Waals surface area contributed by atoms with E-state index in [0.717, 1.165) is 0 Å². The monoisotopic (exact) mass is 263 g/mol. The van der Waals surface area contributed by atoms with Crippen molar-refractivity contribution >= 4 is 23.2 Å². The summed E-state index contributed by atoms with van der Waals surface area (Å²) in [7, 11) is 0. The van der Waals surface area contributed by atoms with E-state index in [1.165, 1.54) is 18.2 Å². The van der Waals surface area contributed by atoms with E-state index in [0.29, 0.717) is 0 Å². The zero-order chi connectivity index (χ0) is 14.3. The normalized spacial score (nSPS) is 9.11. The second-order valence-corrected chi connectivity index (χ2v) is 3.23. The fourth-order valence-corrected chi connectivity index (χ4v) is 1.20. The van der Waals surface area contributed by atoms with Gasteiger partial charge in [-0.15, -0.1) is 0 Å². The average molecular weight is 263 g/mol. The molecule has 8 heteroatoms. The fourth-order valence-electron chi connectivity index (χ4n) is 1.20. The lowest BCUT2D eigenvalue weighted by Crippen LogP contribution is -2.28. The third-order valence-corrected chi connectivity index (χ3v) is 2.01. The lowest BCUT2D eigenvalue weighted by Gasteiger charge is -2.11. The molecule has 0 aromatic heterocycles. The quantitative estimate of drug-likeness (QED) is 0.262. The van der Waals surface area contributed by atoms with E-state index >= 15 is 0 Å². The first-order chi connectivity index (χ1) is 9.10. The van der Waals surface area contributed by atoms with Gasteiger partial charge in [0, 0.05) is 6.07 Å². The summed E-state index contributed by atoms with van der Waals surface area (Å²) < 4.78 is 4.63. The topological polar surface area (TPSA) is 116 Å². The number of carbonyl (C=O) groups is 1. The number of benzene rings is 1. The van der Waals surface area contributed by atoms with Crippen LogP contribution in [0.5, 0.6) is 0 Å². The number of para-hydroxylation sites is 2. The number of rotatable bonds is 6. The molecule has 0 heterocycles. The van der Waals surface area contributed by atoms with Crippen LogP contribution in [-0.2, 0) is 9.53 Å². The summed E-state index contributed by atoms with van der Waals surface area (Å²) in [6.07, 6.45) is 0. The van der Waals surface area contributed by atoms with Gasteiger partial charge in [0.05, 0.1) is 11.5 Å². The van der Waals surface area contributed by atoms with E-state index in [-0.39, 0.29) is 23.7 Å². The first-order valence-electron chi connectivity index (χ1n) is 5.29. The minimum absolute atomic E-state index is 0.122. The number of nitro benzene ring substituents is 1. The zero-order valence-corrected chi connectivity index (χ0v) is 10.0. The third-order valence-electron chi connectivity index (χ3n) is 2.01. The molecule has 0 atom stereocenters. The molecule has 0 saturated carbocycles. The van der Waals surface area contributed by atoms with Crippen molar-refractivity contribution in [3.63, 3.8) is 0 Å². The van der Waals surface area contributed by atoms with Crippen molar-refractivity contribution in [2.75, 3.05) is 12.0 Å². The molecule has 0 spiro atoms. The van der Waals surface area contributed by atoms with Crippen LogP contribution in [0, 0.1) is 10.1 Å². The number of nitrogens with zero attached hydrogens (tertiary/aromatic N) is 2. The molecule has 0 amide bonds. The van der Waals surface area contributed by atoms with E-state index < -0.39 is 10.9 Å². The van der Waals surface area contributed by atoms with Crippen LogP contribution in [0.2, 0.25) is 0 Å². The van der Waals surface area contributed by atoms with Gasteiger partial charge in [-0.2, -0.15) is 0 Å². The van der Waals surface area contributed by atoms with Gasteiger partial charge in [-0.05, 0) is 13.0 Å². The molecule has 0 aliphatic heterocycles. The van der Waals surface area contributed by atoms with Crippen molar-refractivity contribution in [2.24, 2.45) is 0 Å². The van der Waals surface area contributed by atoms with Gasteiger partial charge in [0.25, 0.3) is 5.69 Å². The van der Waals surface area contributed by atoms with Crippen molar-refractivity contribution in [1.29, 1.82) is 0 Å². The Hall–Kier alpha value is -2.86. The van der Waals surface area contributed by atoms with Crippen LogP contribution in [0.3, 0.4) is 0 Å². The Balaban J connectivity index is 2.79. The van der Waals surface area contributed by atoms with Crippen LogP contribution < -0.4 is 10.9 Å². The maximum atomic E-state index is 11.3. The molecular weight excluding hydrogens is 252 g/mol. The minimum atomic E-state index is -0.837. The number of anilines is 1. The highest BCUT2D eigenvalue weighted by atomic mass is 16.6. The number of nitro groups is 1. The van der Waals surface area contributed by atoms with Gasteiger partial charge in [-0.3, -0.25) is 21.0 Å². The molecule has 0 fully saturated rings. The van der Waals surface area contributed by atoms with Gasteiger partial charge in [0.15, 0.2) is 5.70 Å². The highest BCUT2D eigenvalue weighted by Gasteiger charge is 2.13. The number of hydrogen-bond donors (Lipinski definition) is 2. The Morgan fingerprint density at radius 1 is 1.53 bits per heavy atom. The molecule has 0 radical (unpaired) electrons. The molecule has 0 aliphatic rings. The predicted octanol–water partition coefficient (Wildman–Crippen LogP) is 1.20. The number of hydrogen-bond acceptors (Lipinski definition) is 6. The van der Waals surface area contributed by atoms with Crippen LogP contribution in [0.15, 0.2) is 30.0 Å². The van der Waals surface area contributed by atoms with Crippen LogP contribution in [0.1, 0.15) is 6.92 Å². The molecule has 1 aromatic rings. The van der Waals surface area contributed by atoms with Crippen molar-refractivity contribution in [3.05, 3.63) is 45.5 Å². The van der Waals surface area contributed by atoms with E-state index in [1.54, 1.807) is 18.9 Å². The van der Waals surface area contributed by atoms with E-state index in [1.807, 2.05) is 0 Å². The summed E-state index contributed by atoms with van der Waals surface area (Å²) in [6.45, 7) is 1.72. The van der Waals surface area contributed by atoms with E-state index in [2.05, 4.69) is 15.6 Å². The third kappa shape index (κ3) is 3.83. The first-order valence-corrected chi connectivity index (χ1v) is 5.29. The van der Waals surface area contributed by atoms with Gasteiger partial charge < -0.3 is 10.1 Å². The Kier molecular flexibility index (Phi) is 5.06. The molecule has 0 aliphatic carbocycles. The highest BCUT2D eigenvalue weighted by molar-refractivity contribution is 5.98. The minimum Gasteiger partial charge on any atom is -0.761 e. The Bertz CT molecular complexity index is 537. The lowest BCUT2D eigenvalue weighted by atomic mass is 10.3. The molecule has 1 aromatic carbocycles.